The molecule has 16 heavy (non-hydrogen) atoms. The zero-order valence-electron chi connectivity index (χ0n) is 10.2. The number of nitrogens with one attached hydrogen (secondary N) is 3. The summed E-state index contributed by atoms with van der Waals surface area (Å²) in [6.45, 7) is 5.48. The number of carbonyl (C=O) groups excluding carboxylic acids is 2. The van der Waals surface area contributed by atoms with Gasteiger partial charge in [-0.25, -0.2) is 9.59 Å². The van der Waals surface area contributed by atoms with Crippen molar-refractivity contribution < 1.29 is 14.3 Å². The molecule has 3 N–H and O–H groups in total. The van der Waals surface area contributed by atoms with E-state index in [9.17, 15) is 9.59 Å². The van der Waals surface area contributed by atoms with Gasteiger partial charge in [0.1, 0.15) is 0 Å². The molecule has 0 saturated heterocycles. The molecular weight excluding hydrogens is 212 g/mol. The first-order valence-corrected chi connectivity index (χ1v) is 4.72. The normalized spacial score (nSPS) is 11.7. The number of methoxy groups -OCH3 is 1. The molecule has 0 heterocycles. The zero-order valence-corrected chi connectivity index (χ0v) is 10.2. The van der Waals surface area contributed by atoms with E-state index in [1.165, 1.54) is 14.2 Å². The predicted octanol–water partition coefficient (Wildman–Crippen LogP) is 0.426. The third-order valence-electron chi connectivity index (χ3n) is 1.32. The van der Waals surface area contributed by atoms with Crippen molar-refractivity contribution in [3.05, 3.63) is 0 Å². The van der Waals surface area contributed by atoms with E-state index in [4.69, 9.17) is 4.74 Å². The number of nitrogens with zero attached hydrogens (tertiary/aromatic N) is 1. The van der Waals surface area contributed by atoms with Crippen LogP contribution >= 0.6 is 0 Å². The number of hydrogen-bond donors (Lipinski definition) is 3. The maximum atomic E-state index is 11.4. The van der Waals surface area contributed by atoms with Gasteiger partial charge in [0, 0.05) is 12.6 Å². The maximum Gasteiger partial charge on any atom is 0.345 e. The van der Waals surface area contributed by atoms with Crippen LogP contribution in [0.15, 0.2) is 4.99 Å². The minimum absolute atomic E-state index is 0.166. The molecule has 0 aromatic rings. The molecule has 0 aliphatic heterocycles. The SMILES string of the molecule is CNC(=O)N=C(NC(=O)NC(C)(C)C)OC. The Labute approximate surface area is 94.6 Å². The lowest BCUT2D eigenvalue weighted by Gasteiger charge is -2.20. The van der Waals surface area contributed by atoms with E-state index >= 15 is 0 Å². The largest absolute Gasteiger partial charge is 0.468 e. The molecule has 0 aromatic carbocycles. The number of ether oxygens (including phenoxy) is 1. The van der Waals surface area contributed by atoms with Crippen LogP contribution < -0.4 is 16.0 Å². The molecular formula is C9H18N4O3. The van der Waals surface area contributed by atoms with E-state index in [2.05, 4.69) is 20.9 Å². The second-order valence-corrected chi connectivity index (χ2v) is 4.01. The molecule has 0 unspecified atom stereocenters. The van der Waals surface area contributed by atoms with Crippen molar-refractivity contribution in [2.45, 2.75) is 26.3 Å². The van der Waals surface area contributed by atoms with Crippen LogP contribution in [-0.2, 0) is 4.74 Å². The number of urea groups is 2. The van der Waals surface area contributed by atoms with Gasteiger partial charge in [-0.2, -0.15) is 0 Å². The number of amides is 4. The Balaban J connectivity index is 4.39. The van der Waals surface area contributed by atoms with Crippen molar-refractivity contribution in [3.8, 4) is 0 Å². The summed E-state index contributed by atoms with van der Waals surface area (Å²) >= 11 is 0. The summed E-state index contributed by atoms with van der Waals surface area (Å²) < 4.78 is 4.73. The minimum atomic E-state index is -0.604. The predicted molar refractivity (Wildman–Crippen MR) is 60.3 cm³/mol. The Morgan fingerprint density at radius 1 is 1.25 bits per heavy atom. The van der Waals surface area contributed by atoms with Gasteiger partial charge in [-0.3, -0.25) is 5.32 Å². The third-order valence-corrected chi connectivity index (χ3v) is 1.32. The topological polar surface area (TPSA) is 91.8 Å². The lowest BCUT2D eigenvalue weighted by atomic mass is 10.1. The van der Waals surface area contributed by atoms with Crippen LogP contribution in [-0.4, -0.2) is 37.8 Å². The molecule has 0 saturated carbocycles. The number of amidine groups is 1. The Hall–Kier alpha value is -1.79. The minimum Gasteiger partial charge on any atom is -0.468 e. The van der Waals surface area contributed by atoms with Crippen LogP contribution in [0.5, 0.6) is 0 Å². The Morgan fingerprint density at radius 3 is 2.19 bits per heavy atom. The highest BCUT2D eigenvalue weighted by Gasteiger charge is 2.15. The van der Waals surface area contributed by atoms with Crippen LogP contribution in [0.2, 0.25) is 0 Å². The Kier molecular flexibility index (Phi) is 5.27. The quantitative estimate of drug-likeness (QED) is 0.416. The van der Waals surface area contributed by atoms with Crippen molar-refractivity contribution in [3.63, 3.8) is 0 Å². The van der Waals surface area contributed by atoms with Crippen molar-refractivity contribution in [2.75, 3.05) is 14.2 Å². The summed E-state index contributed by atoms with van der Waals surface area (Å²) in [5.41, 5.74) is -0.379. The maximum absolute atomic E-state index is 11.4. The summed E-state index contributed by atoms with van der Waals surface area (Å²) in [4.78, 5) is 25.7. The monoisotopic (exact) mass is 230 g/mol. The van der Waals surface area contributed by atoms with Gasteiger partial charge >= 0.3 is 18.1 Å². The highest BCUT2D eigenvalue weighted by Crippen LogP contribution is 1.97. The van der Waals surface area contributed by atoms with Crippen LogP contribution in [0.25, 0.3) is 0 Å². The first-order valence-electron chi connectivity index (χ1n) is 4.72. The Morgan fingerprint density at radius 2 is 1.81 bits per heavy atom. The van der Waals surface area contributed by atoms with E-state index in [0.29, 0.717) is 0 Å². The van der Waals surface area contributed by atoms with E-state index < -0.39 is 12.1 Å². The fourth-order valence-electron chi connectivity index (χ4n) is 0.742. The Bertz CT molecular complexity index is 294. The first-order chi connectivity index (χ1) is 7.28. The molecule has 7 heteroatoms. The molecule has 92 valence electrons. The number of aliphatic imine (C=N–C) groups is 1. The van der Waals surface area contributed by atoms with E-state index in [0.717, 1.165) is 0 Å². The summed E-state index contributed by atoms with van der Waals surface area (Å²) in [5, 5.41) is 7.21. The number of hydrogen-bond acceptors (Lipinski definition) is 3. The van der Waals surface area contributed by atoms with E-state index in [1.807, 2.05) is 20.8 Å². The zero-order chi connectivity index (χ0) is 12.8. The van der Waals surface area contributed by atoms with Gasteiger partial charge < -0.3 is 15.4 Å². The van der Waals surface area contributed by atoms with Crippen molar-refractivity contribution in [1.29, 1.82) is 0 Å². The molecule has 7 nitrogen and oxygen atoms in total. The van der Waals surface area contributed by atoms with Gasteiger partial charge in [-0.15, -0.1) is 4.99 Å². The number of rotatable bonds is 0. The second kappa shape index (κ2) is 5.94. The van der Waals surface area contributed by atoms with Crippen LogP contribution in [0.1, 0.15) is 20.8 Å². The average Bonchev–Trinajstić information content (AvgIpc) is 2.13. The van der Waals surface area contributed by atoms with Gasteiger partial charge in [-0.1, -0.05) is 0 Å². The van der Waals surface area contributed by atoms with Crippen molar-refractivity contribution >= 4 is 18.1 Å². The molecule has 0 bridgehead atoms. The van der Waals surface area contributed by atoms with Gasteiger partial charge in [0.25, 0.3) is 0 Å². The fraction of sp³-hybridized carbons (Fsp3) is 0.667. The highest BCUT2D eigenvalue weighted by molar-refractivity contribution is 5.98. The number of carbonyl (C=O) groups is 2. The van der Waals surface area contributed by atoms with Crippen LogP contribution in [0, 0.1) is 0 Å². The first kappa shape index (κ1) is 14.2. The van der Waals surface area contributed by atoms with Crippen molar-refractivity contribution in [1.82, 2.24) is 16.0 Å². The highest BCUT2D eigenvalue weighted by atomic mass is 16.5. The molecule has 0 radical (unpaired) electrons. The average molecular weight is 230 g/mol. The van der Waals surface area contributed by atoms with Crippen LogP contribution in [0.4, 0.5) is 9.59 Å². The fourth-order valence-corrected chi connectivity index (χ4v) is 0.742. The van der Waals surface area contributed by atoms with Gasteiger partial charge in [0.2, 0.25) is 0 Å². The van der Waals surface area contributed by atoms with E-state index in [1.54, 1.807) is 0 Å². The third kappa shape index (κ3) is 6.63. The summed E-state index contributed by atoms with van der Waals surface area (Å²) in [5.74, 6) is 0. The summed E-state index contributed by atoms with van der Waals surface area (Å²) in [6, 6.07) is -1.26. The molecule has 0 fully saturated rings. The molecule has 0 aromatic heterocycles. The lowest BCUT2D eigenvalue weighted by molar-refractivity contribution is 0.233. The summed E-state index contributed by atoms with van der Waals surface area (Å²) in [6.07, 6.45) is 0. The molecule has 0 atom stereocenters. The van der Waals surface area contributed by atoms with E-state index in [-0.39, 0.29) is 11.6 Å². The van der Waals surface area contributed by atoms with Gasteiger partial charge in [0.15, 0.2) is 0 Å². The molecule has 0 aliphatic carbocycles. The smallest absolute Gasteiger partial charge is 0.345 e. The molecule has 0 aliphatic rings. The standard InChI is InChI=1S/C9H18N4O3/c1-9(2,3)13-7(15)12-8(16-5)11-6(14)10-4/h1-5H3,(H3,10,11,12,13,14,15). The summed E-state index contributed by atoms with van der Waals surface area (Å²) in [7, 11) is 2.73. The molecule has 4 amide bonds. The van der Waals surface area contributed by atoms with Crippen LogP contribution in [0.3, 0.4) is 0 Å². The van der Waals surface area contributed by atoms with Crippen molar-refractivity contribution in [2.24, 2.45) is 4.99 Å². The molecule has 0 rings (SSSR count). The lowest BCUT2D eigenvalue weighted by Crippen LogP contribution is -2.48. The van der Waals surface area contributed by atoms with Gasteiger partial charge in [-0.05, 0) is 20.8 Å². The van der Waals surface area contributed by atoms with Gasteiger partial charge in [0.05, 0.1) is 7.11 Å². The molecule has 0 spiro atoms. The second-order valence-electron chi connectivity index (χ2n) is 4.01.